The maximum Gasteiger partial charge on any atom is 0.303 e. The van der Waals surface area contributed by atoms with Crippen molar-refractivity contribution in [2.75, 3.05) is 17.7 Å². The number of amides is 1. The van der Waals surface area contributed by atoms with Gasteiger partial charge in [-0.2, -0.15) is 8.78 Å². The molecule has 1 amide bonds. The average Bonchev–Trinajstić information content (AvgIpc) is 2.67. The van der Waals surface area contributed by atoms with E-state index in [1.54, 1.807) is 24.5 Å². The summed E-state index contributed by atoms with van der Waals surface area (Å²) < 4.78 is 33.2. The van der Waals surface area contributed by atoms with Crippen molar-refractivity contribution < 1.29 is 18.3 Å². The normalized spacial score (nSPS) is 11.1. The Morgan fingerprint density at radius 3 is 2.48 bits per heavy atom. The molecule has 150 valence electrons. The zero-order chi connectivity index (χ0) is 21.0. The quantitative estimate of drug-likeness (QED) is 0.650. The molecule has 0 aliphatic carbocycles. The molecule has 8 nitrogen and oxygen atoms in total. The number of pyridine rings is 2. The summed E-state index contributed by atoms with van der Waals surface area (Å²) >= 11 is 0. The van der Waals surface area contributed by atoms with E-state index in [1.807, 2.05) is 0 Å². The fraction of sp³-hybridized carbons (Fsp3) is 0.211. The second-order valence-corrected chi connectivity index (χ2v) is 6.16. The molecule has 0 spiro atoms. The summed E-state index contributed by atoms with van der Waals surface area (Å²) in [7, 11) is 1.44. The third-order valence-corrected chi connectivity index (χ3v) is 3.75. The Morgan fingerprint density at radius 2 is 1.86 bits per heavy atom. The molecule has 0 aliphatic heterocycles. The molecule has 0 atom stereocenters. The summed E-state index contributed by atoms with van der Waals surface area (Å²) in [4.78, 5) is 27.2. The Bertz CT molecular complexity index is 1020. The lowest BCUT2D eigenvalue weighted by Gasteiger charge is -2.15. The van der Waals surface area contributed by atoms with Crippen LogP contribution in [0.25, 0.3) is 11.3 Å². The van der Waals surface area contributed by atoms with Crippen molar-refractivity contribution in [1.29, 1.82) is 0 Å². The molecule has 0 radical (unpaired) electrons. The van der Waals surface area contributed by atoms with E-state index in [0.29, 0.717) is 22.7 Å². The molecule has 0 bridgehead atoms. The third-order valence-electron chi connectivity index (χ3n) is 3.75. The van der Waals surface area contributed by atoms with Crippen LogP contribution in [-0.4, -0.2) is 33.0 Å². The van der Waals surface area contributed by atoms with Crippen LogP contribution in [0.15, 0.2) is 42.9 Å². The highest BCUT2D eigenvalue weighted by Gasteiger charge is 2.29. The van der Waals surface area contributed by atoms with Gasteiger partial charge in [-0.25, -0.2) is 15.0 Å². The second kappa shape index (κ2) is 8.13. The Kier molecular flexibility index (Phi) is 5.62. The van der Waals surface area contributed by atoms with Gasteiger partial charge in [0.25, 0.3) is 0 Å². The molecule has 3 aromatic rings. The number of hydrogen-bond donors (Lipinski definition) is 2. The monoisotopic (exact) mass is 400 g/mol. The van der Waals surface area contributed by atoms with Crippen molar-refractivity contribution in [3.8, 4) is 17.0 Å². The van der Waals surface area contributed by atoms with Gasteiger partial charge in [0.1, 0.15) is 11.6 Å². The van der Waals surface area contributed by atoms with Gasteiger partial charge in [0, 0.05) is 43.9 Å². The van der Waals surface area contributed by atoms with Crippen molar-refractivity contribution in [3.63, 3.8) is 0 Å². The molecule has 29 heavy (non-hydrogen) atoms. The summed E-state index contributed by atoms with van der Waals surface area (Å²) in [5.41, 5.74) is 1.30. The number of ether oxygens (including phenoxy) is 1. The van der Waals surface area contributed by atoms with Crippen LogP contribution >= 0.6 is 0 Å². The lowest BCUT2D eigenvalue weighted by molar-refractivity contribution is -0.114. The van der Waals surface area contributed by atoms with E-state index in [2.05, 4.69) is 30.6 Å². The van der Waals surface area contributed by atoms with Gasteiger partial charge in [-0.1, -0.05) is 0 Å². The largest absolute Gasteiger partial charge is 0.493 e. The van der Waals surface area contributed by atoms with E-state index in [-0.39, 0.29) is 17.5 Å². The summed E-state index contributed by atoms with van der Waals surface area (Å²) in [5, 5.41) is 5.49. The number of hydrogen-bond acceptors (Lipinski definition) is 7. The van der Waals surface area contributed by atoms with Gasteiger partial charge >= 0.3 is 5.92 Å². The highest BCUT2D eigenvalue weighted by atomic mass is 19.3. The zero-order valence-corrected chi connectivity index (χ0v) is 15.9. The fourth-order valence-electron chi connectivity index (χ4n) is 2.47. The smallest absolute Gasteiger partial charge is 0.303 e. The van der Waals surface area contributed by atoms with Crippen LogP contribution in [0.1, 0.15) is 19.7 Å². The maximum absolute atomic E-state index is 14.0. The van der Waals surface area contributed by atoms with Crippen LogP contribution in [0.4, 0.5) is 26.1 Å². The topological polar surface area (TPSA) is 102 Å². The number of methoxy groups -OCH3 is 1. The molecular formula is C19H18F2N6O2. The van der Waals surface area contributed by atoms with Gasteiger partial charge < -0.3 is 15.4 Å². The van der Waals surface area contributed by atoms with E-state index < -0.39 is 11.7 Å². The van der Waals surface area contributed by atoms with E-state index in [4.69, 9.17) is 4.74 Å². The first kappa shape index (κ1) is 20.1. The van der Waals surface area contributed by atoms with Crippen molar-refractivity contribution in [2.24, 2.45) is 0 Å². The highest BCUT2D eigenvalue weighted by molar-refractivity contribution is 5.88. The SMILES string of the molecule is COc1cnc(NC(C)=O)cc1Nc1cc(-c2ccncc2)nc(C(C)(F)F)n1. The molecule has 0 unspecified atom stereocenters. The number of halogens is 2. The van der Waals surface area contributed by atoms with E-state index >= 15 is 0 Å². The van der Waals surface area contributed by atoms with Gasteiger partial charge in [0.15, 0.2) is 5.75 Å². The predicted molar refractivity (Wildman–Crippen MR) is 103 cm³/mol. The standard InChI is InChI=1S/C19H18F2N6O2/c1-11(28)24-16-9-14(15(29-3)10-23-16)25-17-8-13(12-4-6-22-7-5-12)26-18(27-17)19(2,20)21/h4-10H,1-3H3,(H2,23,24,25,26,27,28). The van der Waals surface area contributed by atoms with Crippen LogP contribution in [0.5, 0.6) is 5.75 Å². The van der Waals surface area contributed by atoms with E-state index in [1.165, 1.54) is 32.4 Å². The highest BCUT2D eigenvalue weighted by Crippen LogP contribution is 2.32. The minimum absolute atomic E-state index is 0.126. The number of carbonyl (C=O) groups excluding carboxylic acids is 1. The van der Waals surface area contributed by atoms with E-state index in [0.717, 1.165) is 6.92 Å². The molecule has 3 heterocycles. The number of alkyl halides is 2. The van der Waals surface area contributed by atoms with Gasteiger partial charge in [-0.15, -0.1) is 0 Å². The molecule has 0 saturated carbocycles. The minimum Gasteiger partial charge on any atom is -0.493 e. The van der Waals surface area contributed by atoms with Gasteiger partial charge in [-0.3, -0.25) is 9.78 Å². The molecule has 3 aromatic heterocycles. The van der Waals surface area contributed by atoms with Crippen molar-refractivity contribution >= 4 is 23.2 Å². The van der Waals surface area contributed by atoms with Crippen LogP contribution < -0.4 is 15.4 Å². The Hall–Kier alpha value is -3.69. The first-order valence-electron chi connectivity index (χ1n) is 8.52. The number of nitrogens with zero attached hydrogens (tertiary/aromatic N) is 4. The van der Waals surface area contributed by atoms with Gasteiger partial charge in [0.2, 0.25) is 11.7 Å². The average molecular weight is 400 g/mol. The maximum atomic E-state index is 14.0. The lowest BCUT2D eigenvalue weighted by Crippen LogP contribution is -2.14. The summed E-state index contributed by atoms with van der Waals surface area (Å²) in [5.74, 6) is -3.45. The van der Waals surface area contributed by atoms with Gasteiger partial charge in [-0.05, 0) is 12.1 Å². The molecule has 2 N–H and O–H groups in total. The molecule has 10 heteroatoms. The molecule has 0 aliphatic rings. The number of rotatable bonds is 6. The number of aromatic nitrogens is 4. The number of anilines is 3. The zero-order valence-electron chi connectivity index (χ0n) is 15.9. The molecular weight excluding hydrogens is 382 g/mol. The van der Waals surface area contributed by atoms with E-state index in [9.17, 15) is 13.6 Å². The molecule has 0 aromatic carbocycles. The van der Waals surface area contributed by atoms with Crippen molar-refractivity contribution in [1.82, 2.24) is 19.9 Å². The number of carbonyl (C=O) groups is 1. The van der Waals surface area contributed by atoms with Crippen LogP contribution in [-0.2, 0) is 10.7 Å². The Balaban J connectivity index is 2.05. The summed E-state index contributed by atoms with van der Waals surface area (Å²) in [6.45, 7) is 2.07. The Morgan fingerprint density at radius 1 is 1.14 bits per heavy atom. The second-order valence-electron chi connectivity index (χ2n) is 6.16. The summed E-state index contributed by atoms with van der Waals surface area (Å²) in [6, 6.07) is 6.36. The van der Waals surface area contributed by atoms with Crippen molar-refractivity contribution in [3.05, 3.63) is 48.7 Å². The summed E-state index contributed by atoms with van der Waals surface area (Å²) in [6.07, 6.45) is 4.48. The first-order valence-corrected chi connectivity index (χ1v) is 8.52. The predicted octanol–water partition coefficient (Wildman–Crippen LogP) is 3.76. The first-order chi connectivity index (χ1) is 13.8. The fourth-order valence-corrected chi connectivity index (χ4v) is 2.47. The molecule has 0 saturated heterocycles. The number of nitrogens with one attached hydrogen (secondary N) is 2. The molecule has 3 rings (SSSR count). The van der Waals surface area contributed by atoms with Crippen molar-refractivity contribution in [2.45, 2.75) is 19.8 Å². The minimum atomic E-state index is -3.25. The van der Waals surface area contributed by atoms with Crippen LogP contribution in [0.3, 0.4) is 0 Å². The molecule has 0 fully saturated rings. The van der Waals surface area contributed by atoms with Crippen LogP contribution in [0.2, 0.25) is 0 Å². The van der Waals surface area contributed by atoms with Crippen LogP contribution in [0, 0.1) is 0 Å². The Labute approximate surface area is 165 Å². The third kappa shape index (κ3) is 4.98. The van der Waals surface area contributed by atoms with Gasteiger partial charge in [0.05, 0.1) is 24.7 Å². The lowest BCUT2D eigenvalue weighted by atomic mass is 10.2.